The van der Waals surface area contributed by atoms with Crippen LogP contribution in [0, 0.1) is 19.8 Å². The molecule has 0 bridgehead atoms. The lowest BCUT2D eigenvalue weighted by Crippen LogP contribution is -2.42. The van der Waals surface area contributed by atoms with Crippen LogP contribution in [0.25, 0.3) is 0 Å². The van der Waals surface area contributed by atoms with Crippen molar-refractivity contribution in [1.82, 2.24) is 14.7 Å². The molecule has 0 radical (unpaired) electrons. The third-order valence-corrected chi connectivity index (χ3v) is 4.92. The average Bonchev–Trinajstić information content (AvgIpc) is 2.66. The molecular weight excluding hydrogens is 326 g/mol. The van der Waals surface area contributed by atoms with Crippen molar-refractivity contribution < 1.29 is 14.7 Å². The largest absolute Gasteiger partial charge is 0.481 e. The highest BCUT2D eigenvalue weighted by molar-refractivity contribution is 9.10. The number of carboxylic acid groups (broad SMARTS) is 1. The number of aliphatic carboxylic acids is 1. The van der Waals surface area contributed by atoms with Gasteiger partial charge in [-0.15, -0.1) is 0 Å². The van der Waals surface area contributed by atoms with E-state index in [2.05, 4.69) is 21.0 Å². The van der Waals surface area contributed by atoms with Crippen molar-refractivity contribution in [2.45, 2.75) is 33.2 Å². The number of carboxylic acids is 1. The normalized spacial score (nSPS) is 16.4. The fourth-order valence-electron chi connectivity index (χ4n) is 2.43. The van der Waals surface area contributed by atoms with Crippen LogP contribution in [0.2, 0.25) is 0 Å². The predicted molar refractivity (Wildman–Crippen MR) is 76.3 cm³/mol. The highest BCUT2D eigenvalue weighted by atomic mass is 79.9. The highest BCUT2D eigenvalue weighted by Crippen LogP contribution is 2.21. The summed E-state index contributed by atoms with van der Waals surface area (Å²) in [7, 11) is 0. The molecule has 1 N–H and O–H groups in total. The maximum absolute atomic E-state index is 12.2. The Morgan fingerprint density at radius 1 is 1.35 bits per heavy atom. The minimum Gasteiger partial charge on any atom is -0.481 e. The van der Waals surface area contributed by atoms with Gasteiger partial charge in [-0.05, 0) is 42.6 Å². The molecule has 1 amide bonds. The molecule has 0 saturated carbocycles. The van der Waals surface area contributed by atoms with E-state index in [9.17, 15) is 9.59 Å². The second-order valence-electron chi connectivity index (χ2n) is 5.14. The summed E-state index contributed by atoms with van der Waals surface area (Å²) in [6.45, 7) is 5.02. The third kappa shape index (κ3) is 3.03. The number of hydrogen-bond donors (Lipinski definition) is 1. The van der Waals surface area contributed by atoms with Gasteiger partial charge in [-0.3, -0.25) is 14.3 Å². The topological polar surface area (TPSA) is 75.4 Å². The van der Waals surface area contributed by atoms with E-state index in [-0.39, 0.29) is 18.4 Å². The summed E-state index contributed by atoms with van der Waals surface area (Å²) in [5, 5.41) is 13.3. The quantitative estimate of drug-likeness (QED) is 0.904. The summed E-state index contributed by atoms with van der Waals surface area (Å²) in [6, 6.07) is 0. The number of nitrogens with zero attached hydrogens (tertiary/aromatic N) is 3. The molecule has 0 spiro atoms. The first kappa shape index (κ1) is 15.0. The minimum atomic E-state index is -0.764. The van der Waals surface area contributed by atoms with E-state index in [4.69, 9.17) is 5.11 Å². The fraction of sp³-hybridized carbons (Fsp3) is 0.615. The van der Waals surface area contributed by atoms with E-state index < -0.39 is 5.97 Å². The van der Waals surface area contributed by atoms with Crippen molar-refractivity contribution in [3.8, 4) is 0 Å². The van der Waals surface area contributed by atoms with E-state index in [0.29, 0.717) is 25.9 Å². The fourth-order valence-corrected chi connectivity index (χ4v) is 2.72. The zero-order valence-electron chi connectivity index (χ0n) is 11.6. The average molecular weight is 344 g/mol. The second kappa shape index (κ2) is 5.95. The van der Waals surface area contributed by atoms with Crippen LogP contribution in [0.3, 0.4) is 0 Å². The van der Waals surface area contributed by atoms with Gasteiger partial charge in [-0.25, -0.2) is 0 Å². The smallest absolute Gasteiger partial charge is 0.306 e. The Labute approximate surface area is 125 Å². The van der Waals surface area contributed by atoms with Gasteiger partial charge in [0.1, 0.15) is 6.54 Å². The van der Waals surface area contributed by atoms with Crippen LogP contribution in [0.1, 0.15) is 24.2 Å². The van der Waals surface area contributed by atoms with E-state index in [1.807, 2.05) is 13.8 Å². The van der Waals surface area contributed by atoms with Gasteiger partial charge >= 0.3 is 5.97 Å². The molecule has 2 heterocycles. The Morgan fingerprint density at radius 3 is 2.40 bits per heavy atom. The number of amides is 1. The SMILES string of the molecule is Cc1nn(CC(=O)N2CCC(C(=O)O)CC2)c(C)c1Br. The van der Waals surface area contributed by atoms with Crippen LogP contribution in [0.4, 0.5) is 0 Å². The number of likely N-dealkylation sites (tertiary alicyclic amines) is 1. The molecule has 2 rings (SSSR count). The Balaban J connectivity index is 1.96. The summed E-state index contributed by atoms with van der Waals surface area (Å²) in [4.78, 5) is 24.8. The second-order valence-corrected chi connectivity index (χ2v) is 5.93. The first-order valence-electron chi connectivity index (χ1n) is 6.60. The standard InChI is InChI=1S/C13H18BrN3O3/c1-8-12(14)9(2)17(15-8)7-11(18)16-5-3-10(4-6-16)13(19)20/h10H,3-7H2,1-2H3,(H,19,20). The zero-order chi connectivity index (χ0) is 14.9. The molecule has 7 heteroatoms. The van der Waals surface area contributed by atoms with Crippen molar-refractivity contribution in [3.05, 3.63) is 15.9 Å². The van der Waals surface area contributed by atoms with Gasteiger partial charge in [0.15, 0.2) is 0 Å². The summed E-state index contributed by atoms with van der Waals surface area (Å²) in [5.41, 5.74) is 1.79. The molecule has 1 aromatic rings. The first-order valence-corrected chi connectivity index (χ1v) is 7.39. The number of aromatic nitrogens is 2. The zero-order valence-corrected chi connectivity index (χ0v) is 13.2. The highest BCUT2D eigenvalue weighted by Gasteiger charge is 2.27. The molecule has 6 nitrogen and oxygen atoms in total. The van der Waals surface area contributed by atoms with Gasteiger partial charge in [0.25, 0.3) is 0 Å². The van der Waals surface area contributed by atoms with Crippen molar-refractivity contribution in [2.75, 3.05) is 13.1 Å². The van der Waals surface area contributed by atoms with Gasteiger partial charge in [-0.2, -0.15) is 5.10 Å². The lowest BCUT2D eigenvalue weighted by atomic mass is 9.97. The Kier molecular flexibility index (Phi) is 4.47. The molecule has 1 aromatic heterocycles. The van der Waals surface area contributed by atoms with Crippen molar-refractivity contribution >= 4 is 27.8 Å². The molecule has 0 unspecified atom stereocenters. The Bertz CT molecular complexity index is 533. The molecule has 1 aliphatic heterocycles. The summed E-state index contributed by atoms with van der Waals surface area (Å²) >= 11 is 3.44. The predicted octanol–water partition coefficient (Wildman–Crippen LogP) is 1.59. The lowest BCUT2D eigenvalue weighted by Gasteiger charge is -2.30. The molecule has 0 aromatic carbocycles. The van der Waals surface area contributed by atoms with Crippen LogP contribution in [0.15, 0.2) is 4.47 Å². The number of rotatable bonds is 3. The molecular formula is C13H18BrN3O3. The van der Waals surface area contributed by atoms with Crippen molar-refractivity contribution in [2.24, 2.45) is 5.92 Å². The minimum absolute atomic E-state index is 0.00746. The van der Waals surface area contributed by atoms with Crippen molar-refractivity contribution in [3.63, 3.8) is 0 Å². The van der Waals surface area contributed by atoms with Crippen LogP contribution < -0.4 is 0 Å². The Hall–Kier alpha value is -1.37. The summed E-state index contributed by atoms with van der Waals surface area (Å²) < 4.78 is 2.61. The van der Waals surface area contributed by atoms with E-state index in [1.165, 1.54) is 0 Å². The molecule has 0 atom stereocenters. The Morgan fingerprint density at radius 2 is 1.95 bits per heavy atom. The number of piperidine rings is 1. The van der Waals surface area contributed by atoms with Gasteiger partial charge < -0.3 is 10.0 Å². The maximum Gasteiger partial charge on any atom is 0.306 e. The summed E-state index contributed by atoms with van der Waals surface area (Å²) in [6.07, 6.45) is 1.06. The van der Waals surface area contributed by atoms with E-state index in [1.54, 1.807) is 9.58 Å². The van der Waals surface area contributed by atoms with Crippen molar-refractivity contribution in [1.29, 1.82) is 0 Å². The number of halogens is 1. The number of hydrogen-bond acceptors (Lipinski definition) is 3. The van der Waals surface area contributed by atoms with Crippen LogP contribution in [-0.4, -0.2) is 44.8 Å². The van der Waals surface area contributed by atoms with Crippen LogP contribution in [0.5, 0.6) is 0 Å². The van der Waals surface area contributed by atoms with Gasteiger partial charge in [0, 0.05) is 13.1 Å². The third-order valence-electron chi connectivity index (χ3n) is 3.78. The van der Waals surface area contributed by atoms with Gasteiger partial charge in [0.2, 0.25) is 5.91 Å². The lowest BCUT2D eigenvalue weighted by molar-refractivity contribution is -0.145. The number of aryl methyl sites for hydroxylation is 1. The number of carbonyl (C=O) groups is 2. The van der Waals surface area contributed by atoms with Gasteiger partial charge in [-0.1, -0.05) is 0 Å². The summed E-state index contributed by atoms with van der Waals surface area (Å²) in [5.74, 6) is -1.09. The maximum atomic E-state index is 12.2. The molecule has 1 saturated heterocycles. The molecule has 20 heavy (non-hydrogen) atoms. The van der Waals surface area contributed by atoms with Crippen LogP contribution >= 0.6 is 15.9 Å². The molecule has 110 valence electrons. The van der Waals surface area contributed by atoms with Gasteiger partial charge in [0.05, 0.1) is 21.8 Å². The molecule has 1 aliphatic rings. The molecule has 0 aliphatic carbocycles. The van der Waals surface area contributed by atoms with Crippen LogP contribution in [-0.2, 0) is 16.1 Å². The van der Waals surface area contributed by atoms with E-state index in [0.717, 1.165) is 15.9 Å². The first-order chi connectivity index (χ1) is 9.40. The monoisotopic (exact) mass is 343 g/mol. The number of carbonyl (C=O) groups excluding carboxylic acids is 1. The molecule has 1 fully saturated rings. The van der Waals surface area contributed by atoms with E-state index >= 15 is 0 Å².